The Kier molecular flexibility index (Phi) is 10.9. The van der Waals surface area contributed by atoms with Crippen LogP contribution in [0.25, 0.3) is 33.4 Å². The highest BCUT2D eigenvalue weighted by Gasteiger charge is 2.38. The fourth-order valence-electron chi connectivity index (χ4n) is 3.96. The van der Waals surface area contributed by atoms with Crippen molar-refractivity contribution in [1.82, 2.24) is 29.8 Å². The van der Waals surface area contributed by atoms with Crippen LogP contribution in [0.3, 0.4) is 0 Å². The molecule has 1 fully saturated rings. The minimum absolute atomic E-state index is 0.118. The second kappa shape index (κ2) is 14.2. The van der Waals surface area contributed by atoms with Gasteiger partial charge in [-0.3, -0.25) is 4.79 Å². The number of hydrogen-bond donors (Lipinski definition) is 3. The third kappa shape index (κ3) is 9.24. The number of carboxylic acids is 2. The average molecular weight is 662 g/mol. The van der Waals surface area contributed by atoms with Crippen LogP contribution in [0.1, 0.15) is 6.92 Å². The first kappa shape index (κ1) is 34.5. The van der Waals surface area contributed by atoms with Crippen molar-refractivity contribution in [1.29, 1.82) is 0 Å². The van der Waals surface area contributed by atoms with Crippen molar-refractivity contribution in [2.45, 2.75) is 19.3 Å². The minimum Gasteiger partial charge on any atom is -0.475 e. The highest BCUT2D eigenvalue weighted by molar-refractivity contribution is 6.31. The zero-order valence-corrected chi connectivity index (χ0v) is 23.7. The summed E-state index contributed by atoms with van der Waals surface area (Å²) in [7, 11) is 0. The number of piperazine rings is 1. The van der Waals surface area contributed by atoms with E-state index in [1.165, 1.54) is 6.33 Å². The topological polar surface area (TPSA) is 165 Å². The number of pyridine rings is 2. The van der Waals surface area contributed by atoms with E-state index < -0.39 is 24.3 Å². The first-order valence-electron chi connectivity index (χ1n) is 12.5. The summed E-state index contributed by atoms with van der Waals surface area (Å²) in [6.07, 6.45) is -1.64. The van der Waals surface area contributed by atoms with Crippen LogP contribution >= 0.6 is 11.6 Å². The summed E-state index contributed by atoms with van der Waals surface area (Å²) in [5, 5.41) is 15.7. The van der Waals surface area contributed by atoms with Gasteiger partial charge in [-0.05, 0) is 18.2 Å². The lowest BCUT2D eigenvalue weighted by Crippen LogP contribution is -2.48. The van der Waals surface area contributed by atoms with Gasteiger partial charge in [0.05, 0.1) is 10.7 Å². The predicted octanol–water partition coefficient (Wildman–Crippen LogP) is 4.67. The molecular formula is C26H22ClF6N7O5. The third-order valence-electron chi connectivity index (χ3n) is 6.04. The molecule has 0 aromatic carbocycles. The fourth-order valence-corrected chi connectivity index (χ4v) is 4.12. The number of aromatic nitrogens is 5. The van der Waals surface area contributed by atoms with Crippen molar-refractivity contribution < 1.29 is 50.9 Å². The van der Waals surface area contributed by atoms with Crippen molar-refractivity contribution in [2.75, 3.05) is 31.1 Å². The summed E-state index contributed by atoms with van der Waals surface area (Å²) in [4.78, 5) is 54.3. The number of nitrogens with zero attached hydrogens (tertiary/aromatic N) is 6. The third-order valence-corrected chi connectivity index (χ3v) is 6.24. The molecule has 12 nitrogen and oxygen atoms in total. The number of carbonyl (C=O) groups excluding carboxylic acids is 1. The van der Waals surface area contributed by atoms with Crippen molar-refractivity contribution in [3.05, 3.63) is 54.3 Å². The van der Waals surface area contributed by atoms with E-state index in [0.717, 1.165) is 52.3 Å². The Balaban J connectivity index is 0.000000331. The SMILES string of the molecule is CC(=O)N1CCN(c2ccc(-c3[nH]c4ncc(Cl)cc4c3-c3cncnc3)cn2)CC1.O=C(O)C(F)(F)F.O=C(O)C(F)(F)F. The molecule has 0 radical (unpaired) electrons. The molecule has 0 bridgehead atoms. The summed E-state index contributed by atoms with van der Waals surface area (Å²) < 4.78 is 63.5. The Morgan fingerprint density at radius 3 is 1.87 bits per heavy atom. The van der Waals surface area contributed by atoms with E-state index in [2.05, 4.69) is 24.8 Å². The Bertz CT molecular complexity index is 1620. The number of rotatable bonds is 3. The Labute approximate surface area is 254 Å². The zero-order chi connectivity index (χ0) is 33.5. The van der Waals surface area contributed by atoms with Crippen LogP contribution < -0.4 is 4.90 Å². The Morgan fingerprint density at radius 1 is 0.844 bits per heavy atom. The second-order valence-electron chi connectivity index (χ2n) is 9.06. The highest BCUT2D eigenvalue weighted by Crippen LogP contribution is 2.38. The Morgan fingerprint density at radius 2 is 1.40 bits per heavy atom. The van der Waals surface area contributed by atoms with Gasteiger partial charge in [-0.1, -0.05) is 11.6 Å². The second-order valence-corrected chi connectivity index (χ2v) is 9.49. The van der Waals surface area contributed by atoms with Gasteiger partial charge in [0.2, 0.25) is 5.91 Å². The molecule has 0 saturated carbocycles. The molecule has 19 heteroatoms. The van der Waals surface area contributed by atoms with Gasteiger partial charge in [0.15, 0.2) is 0 Å². The number of carboxylic acid groups (broad SMARTS) is 2. The van der Waals surface area contributed by atoms with E-state index in [0.29, 0.717) is 18.1 Å². The number of H-pyrrole nitrogens is 1. The summed E-state index contributed by atoms with van der Waals surface area (Å²) in [5.74, 6) is -4.50. The molecule has 0 unspecified atom stereocenters. The fraction of sp³-hybridized carbons (Fsp3) is 0.269. The van der Waals surface area contributed by atoms with E-state index in [9.17, 15) is 31.1 Å². The minimum atomic E-state index is -5.08. The number of nitrogens with one attached hydrogen (secondary N) is 1. The number of alkyl halides is 6. The molecule has 1 saturated heterocycles. The predicted molar refractivity (Wildman–Crippen MR) is 147 cm³/mol. The lowest BCUT2D eigenvalue weighted by Gasteiger charge is -2.34. The smallest absolute Gasteiger partial charge is 0.475 e. The Hall–Kier alpha value is -5.00. The number of hydrogen-bond acceptors (Lipinski definition) is 8. The molecule has 0 aliphatic carbocycles. The van der Waals surface area contributed by atoms with Crippen LogP contribution in [-0.4, -0.2) is 96.4 Å². The van der Waals surface area contributed by atoms with Crippen molar-refractivity contribution in [3.8, 4) is 22.4 Å². The summed E-state index contributed by atoms with van der Waals surface area (Å²) in [6, 6.07) is 5.94. The van der Waals surface area contributed by atoms with Gasteiger partial charge in [0.1, 0.15) is 17.8 Å². The quantitative estimate of drug-likeness (QED) is 0.263. The molecule has 5 rings (SSSR count). The number of aromatic amines is 1. The molecule has 1 aliphatic heterocycles. The van der Waals surface area contributed by atoms with Crippen LogP contribution in [0.5, 0.6) is 0 Å². The van der Waals surface area contributed by atoms with Crippen LogP contribution in [0.15, 0.2) is 49.3 Å². The number of amides is 1. The summed E-state index contributed by atoms with van der Waals surface area (Å²) in [6.45, 7) is 4.58. The molecule has 0 spiro atoms. The van der Waals surface area contributed by atoms with Crippen LogP contribution in [-0.2, 0) is 14.4 Å². The largest absolute Gasteiger partial charge is 0.490 e. The first-order valence-corrected chi connectivity index (χ1v) is 12.9. The van der Waals surface area contributed by atoms with Gasteiger partial charge in [0, 0.05) is 80.0 Å². The van der Waals surface area contributed by atoms with Crippen LogP contribution in [0.2, 0.25) is 5.02 Å². The molecule has 3 N–H and O–H groups in total. The molecule has 4 aromatic heterocycles. The van der Waals surface area contributed by atoms with Crippen molar-refractivity contribution >= 4 is 46.3 Å². The van der Waals surface area contributed by atoms with Crippen molar-refractivity contribution in [3.63, 3.8) is 0 Å². The van der Waals surface area contributed by atoms with Gasteiger partial charge in [-0.25, -0.2) is 29.5 Å². The van der Waals surface area contributed by atoms with Crippen LogP contribution in [0.4, 0.5) is 32.2 Å². The summed E-state index contributed by atoms with van der Waals surface area (Å²) in [5.41, 5.74) is 4.37. The van der Waals surface area contributed by atoms with Crippen LogP contribution in [0, 0.1) is 0 Å². The number of anilines is 1. The lowest BCUT2D eigenvalue weighted by molar-refractivity contribution is -0.193. The molecule has 5 heterocycles. The highest BCUT2D eigenvalue weighted by atomic mass is 35.5. The molecule has 45 heavy (non-hydrogen) atoms. The van der Waals surface area contributed by atoms with E-state index in [4.69, 9.17) is 36.4 Å². The molecule has 0 atom stereocenters. The van der Waals surface area contributed by atoms with Gasteiger partial charge >= 0.3 is 24.3 Å². The standard InChI is InChI=1S/C22H20ClN7O.2C2HF3O2/c1-14(31)29-4-6-30(7-5-29)19-3-2-15(11-26-19)21-20(16-9-24-13-25-10-16)18-8-17(23)12-27-22(18)28-21;2*3-2(4,5)1(6)7/h2-3,8-13H,4-7H2,1H3,(H,27,28);2*(H,6,7). The molecule has 240 valence electrons. The maximum absolute atomic E-state index is 11.6. The lowest BCUT2D eigenvalue weighted by atomic mass is 10.0. The average Bonchev–Trinajstić information content (AvgIpc) is 3.36. The number of halogens is 7. The van der Waals surface area contributed by atoms with Gasteiger partial charge in [0.25, 0.3) is 0 Å². The van der Waals surface area contributed by atoms with E-state index >= 15 is 0 Å². The van der Waals surface area contributed by atoms with Gasteiger partial charge in [-0.2, -0.15) is 26.3 Å². The number of aliphatic carboxylic acids is 2. The first-order chi connectivity index (χ1) is 21.0. The zero-order valence-electron chi connectivity index (χ0n) is 22.9. The van der Waals surface area contributed by atoms with Crippen molar-refractivity contribution in [2.24, 2.45) is 0 Å². The van der Waals surface area contributed by atoms with E-state index in [-0.39, 0.29) is 5.91 Å². The maximum atomic E-state index is 11.6. The van der Waals surface area contributed by atoms with E-state index in [1.54, 1.807) is 25.5 Å². The van der Waals surface area contributed by atoms with Gasteiger partial charge in [-0.15, -0.1) is 0 Å². The van der Waals surface area contributed by atoms with E-state index in [1.807, 2.05) is 29.3 Å². The molecule has 4 aromatic rings. The molecule has 1 aliphatic rings. The normalized spacial score (nSPS) is 13.3. The summed E-state index contributed by atoms with van der Waals surface area (Å²) >= 11 is 6.22. The number of fused-ring (bicyclic) bond motifs is 1. The molecular weight excluding hydrogens is 640 g/mol. The number of carbonyl (C=O) groups is 3. The maximum Gasteiger partial charge on any atom is 0.490 e. The molecule has 1 amide bonds. The monoisotopic (exact) mass is 661 g/mol. The van der Waals surface area contributed by atoms with Gasteiger partial charge < -0.3 is 25.0 Å².